The molecule has 114 valence electrons. The van der Waals surface area contributed by atoms with Gasteiger partial charge >= 0.3 is 0 Å². The molecular formula is C17H30N2O. The number of aliphatic hydroxyl groups is 1. The zero-order valence-corrected chi connectivity index (χ0v) is 13.4. The summed E-state index contributed by atoms with van der Waals surface area (Å²) in [7, 11) is 4.22. The van der Waals surface area contributed by atoms with Gasteiger partial charge < -0.3 is 14.9 Å². The first-order valence-electron chi connectivity index (χ1n) is 7.64. The fourth-order valence-corrected chi connectivity index (χ4v) is 2.47. The van der Waals surface area contributed by atoms with Gasteiger partial charge in [0.1, 0.15) is 0 Å². The lowest BCUT2D eigenvalue weighted by Gasteiger charge is -2.27. The molecule has 0 bridgehead atoms. The van der Waals surface area contributed by atoms with Gasteiger partial charge in [-0.15, -0.1) is 0 Å². The van der Waals surface area contributed by atoms with Crippen LogP contribution in [0.25, 0.3) is 0 Å². The molecule has 0 aliphatic carbocycles. The molecule has 0 radical (unpaired) electrons. The Morgan fingerprint density at radius 2 is 1.75 bits per heavy atom. The van der Waals surface area contributed by atoms with E-state index in [4.69, 9.17) is 0 Å². The van der Waals surface area contributed by atoms with Gasteiger partial charge in [-0.3, -0.25) is 0 Å². The molecule has 0 saturated carbocycles. The van der Waals surface area contributed by atoms with E-state index in [2.05, 4.69) is 37.7 Å². The second-order valence-corrected chi connectivity index (χ2v) is 5.88. The van der Waals surface area contributed by atoms with Crippen LogP contribution in [-0.2, 0) is 0 Å². The number of benzene rings is 1. The SMILES string of the molecule is CCN(CCCN(C)C)CC(C)C(O)c1ccccc1. The van der Waals surface area contributed by atoms with Gasteiger partial charge in [0.05, 0.1) is 6.10 Å². The van der Waals surface area contributed by atoms with Crippen molar-refractivity contribution in [1.29, 1.82) is 0 Å². The Bertz CT molecular complexity index is 353. The highest BCUT2D eigenvalue weighted by atomic mass is 16.3. The summed E-state index contributed by atoms with van der Waals surface area (Å²) in [6, 6.07) is 9.97. The fraction of sp³-hybridized carbons (Fsp3) is 0.647. The van der Waals surface area contributed by atoms with Crippen molar-refractivity contribution in [3.8, 4) is 0 Å². The Kier molecular flexibility index (Phi) is 7.82. The Hall–Kier alpha value is -0.900. The molecule has 0 spiro atoms. The predicted octanol–water partition coefficient (Wildman–Crippen LogP) is 2.63. The molecule has 20 heavy (non-hydrogen) atoms. The molecule has 1 aromatic rings. The lowest BCUT2D eigenvalue weighted by molar-refractivity contribution is 0.0886. The molecule has 0 aliphatic rings. The molecular weight excluding hydrogens is 248 g/mol. The third-order valence-electron chi connectivity index (χ3n) is 3.75. The van der Waals surface area contributed by atoms with Crippen LogP contribution in [0.2, 0.25) is 0 Å². The van der Waals surface area contributed by atoms with E-state index in [9.17, 15) is 5.11 Å². The van der Waals surface area contributed by atoms with E-state index in [-0.39, 0.29) is 12.0 Å². The zero-order chi connectivity index (χ0) is 15.0. The topological polar surface area (TPSA) is 26.7 Å². The molecule has 0 fully saturated rings. The quantitative estimate of drug-likeness (QED) is 0.752. The number of nitrogens with zero attached hydrogens (tertiary/aromatic N) is 2. The maximum Gasteiger partial charge on any atom is 0.0827 e. The van der Waals surface area contributed by atoms with Gasteiger partial charge in [0.25, 0.3) is 0 Å². The number of hydrogen-bond acceptors (Lipinski definition) is 3. The second-order valence-electron chi connectivity index (χ2n) is 5.88. The van der Waals surface area contributed by atoms with Gasteiger partial charge in [-0.05, 0) is 51.6 Å². The summed E-state index contributed by atoms with van der Waals surface area (Å²) in [5.41, 5.74) is 1.02. The first-order valence-corrected chi connectivity index (χ1v) is 7.64. The van der Waals surface area contributed by atoms with Crippen molar-refractivity contribution < 1.29 is 5.11 Å². The Labute approximate surface area is 124 Å². The predicted molar refractivity (Wildman–Crippen MR) is 85.9 cm³/mol. The van der Waals surface area contributed by atoms with Crippen molar-refractivity contribution in [2.24, 2.45) is 5.92 Å². The summed E-state index contributed by atoms with van der Waals surface area (Å²) in [5, 5.41) is 10.4. The third kappa shape index (κ3) is 6.04. The van der Waals surface area contributed by atoms with Crippen molar-refractivity contribution in [3.63, 3.8) is 0 Å². The molecule has 1 rings (SSSR count). The summed E-state index contributed by atoms with van der Waals surface area (Å²) in [4.78, 5) is 4.65. The van der Waals surface area contributed by atoms with Gasteiger partial charge in [-0.1, -0.05) is 44.2 Å². The van der Waals surface area contributed by atoms with Crippen molar-refractivity contribution in [2.45, 2.75) is 26.4 Å². The lowest BCUT2D eigenvalue weighted by Crippen LogP contribution is -2.33. The molecule has 0 aromatic heterocycles. The standard InChI is InChI=1S/C17H30N2O/c1-5-19(13-9-12-18(3)4)14-15(2)17(20)16-10-7-6-8-11-16/h6-8,10-11,15,17,20H,5,9,12-14H2,1-4H3. The highest BCUT2D eigenvalue weighted by molar-refractivity contribution is 5.17. The third-order valence-corrected chi connectivity index (χ3v) is 3.75. The highest BCUT2D eigenvalue weighted by Crippen LogP contribution is 2.22. The molecule has 0 aliphatic heterocycles. The Morgan fingerprint density at radius 3 is 2.30 bits per heavy atom. The minimum absolute atomic E-state index is 0.247. The van der Waals surface area contributed by atoms with Crippen LogP contribution in [0, 0.1) is 5.92 Å². The van der Waals surface area contributed by atoms with E-state index in [1.807, 2.05) is 30.3 Å². The minimum atomic E-state index is -0.376. The van der Waals surface area contributed by atoms with Crippen LogP contribution in [0.4, 0.5) is 0 Å². The average Bonchev–Trinajstić information content (AvgIpc) is 2.45. The maximum absolute atomic E-state index is 10.4. The molecule has 2 atom stereocenters. The zero-order valence-electron chi connectivity index (χ0n) is 13.4. The largest absolute Gasteiger partial charge is 0.388 e. The Balaban J connectivity index is 2.44. The lowest BCUT2D eigenvalue weighted by atomic mass is 9.97. The summed E-state index contributed by atoms with van der Waals surface area (Å²) < 4.78 is 0. The van der Waals surface area contributed by atoms with Crippen LogP contribution < -0.4 is 0 Å². The number of hydrogen-bond donors (Lipinski definition) is 1. The molecule has 0 heterocycles. The van der Waals surface area contributed by atoms with Crippen molar-refractivity contribution in [2.75, 3.05) is 40.3 Å². The molecule has 2 unspecified atom stereocenters. The fourth-order valence-electron chi connectivity index (χ4n) is 2.47. The van der Waals surface area contributed by atoms with E-state index in [1.165, 1.54) is 6.42 Å². The smallest absolute Gasteiger partial charge is 0.0827 e. The van der Waals surface area contributed by atoms with Gasteiger partial charge in [0.2, 0.25) is 0 Å². The second kappa shape index (κ2) is 9.11. The summed E-state index contributed by atoms with van der Waals surface area (Å²) in [6.07, 6.45) is 0.800. The molecule has 1 N–H and O–H groups in total. The van der Waals surface area contributed by atoms with Crippen LogP contribution in [0.3, 0.4) is 0 Å². The van der Waals surface area contributed by atoms with E-state index >= 15 is 0 Å². The van der Waals surface area contributed by atoms with E-state index in [0.29, 0.717) is 0 Å². The molecule has 3 nitrogen and oxygen atoms in total. The molecule has 3 heteroatoms. The molecule has 0 saturated heterocycles. The first-order chi connectivity index (χ1) is 9.54. The summed E-state index contributed by atoms with van der Waals surface area (Å²) in [5.74, 6) is 0.247. The van der Waals surface area contributed by atoms with E-state index < -0.39 is 0 Å². The Morgan fingerprint density at radius 1 is 1.10 bits per heavy atom. The maximum atomic E-state index is 10.4. The van der Waals surface area contributed by atoms with Crippen molar-refractivity contribution in [3.05, 3.63) is 35.9 Å². The summed E-state index contributed by atoms with van der Waals surface area (Å²) in [6.45, 7) is 8.52. The first kappa shape index (κ1) is 17.2. The monoisotopic (exact) mass is 278 g/mol. The van der Waals surface area contributed by atoms with Gasteiger partial charge in [0, 0.05) is 6.54 Å². The average molecular weight is 278 g/mol. The highest BCUT2D eigenvalue weighted by Gasteiger charge is 2.18. The number of aliphatic hydroxyl groups excluding tert-OH is 1. The van der Waals surface area contributed by atoms with E-state index in [0.717, 1.165) is 31.7 Å². The van der Waals surface area contributed by atoms with Gasteiger partial charge in [-0.25, -0.2) is 0 Å². The minimum Gasteiger partial charge on any atom is -0.388 e. The molecule has 0 amide bonds. The number of rotatable bonds is 9. The van der Waals surface area contributed by atoms with Crippen LogP contribution in [0.15, 0.2) is 30.3 Å². The summed E-state index contributed by atoms with van der Waals surface area (Å²) >= 11 is 0. The van der Waals surface area contributed by atoms with Gasteiger partial charge in [-0.2, -0.15) is 0 Å². The van der Waals surface area contributed by atoms with Crippen molar-refractivity contribution >= 4 is 0 Å². The van der Waals surface area contributed by atoms with Crippen molar-refractivity contribution in [1.82, 2.24) is 9.80 Å². The van der Waals surface area contributed by atoms with Crippen LogP contribution in [0.5, 0.6) is 0 Å². The van der Waals surface area contributed by atoms with Gasteiger partial charge in [0.15, 0.2) is 0 Å². The molecule has 1 aromatic carbocycles. The van der Waals surface area contributed by atoms with Crippen LogP contribution >= 0.6 is 0 Å². The normalized spacial score (nSPS) is 14.8. The van der Waals surface area contributed by atoms with Crippen LogP contribution in [0.1, 0.15) is 31.9 Å². The van der Waals surface area contributed by atoms with E-state index in [1.54, 1.807) is 0 Å². The van der Waals surface area contributed by atoms with Crippen LogP contribution in [-0.4, -0.2) is 55.2 Å².